The number of hydrogen-bond acceptors (Lipinski definition) is 2. The Labute approximate surface area is 255 Å². The van der Waals surface area contributed by atoms with Crippen LogP contribution in [0.5, 0.6) is 0 Å². The molecule has 218 valence electrons. The summed E-state index contributed by atoms with van der Waals surface area (Å²) in [5.74, 6) is 0. The molecule has 0 heterocycles. The zero-order valence-electron chi connectivity index (χ0n) is 26.1. The van der Waals surface area contributed by atoms with Crippen molar-refractivity contribution in [2.75, 3.05) is 36.0 Å². The lowest BCUT2D eigenvalue weighted by molar-refractivity contribution is 0.745. The molecule has 4 aromatic rings. The normalized spacial score (nSPS) is 11.4. The summed E-state index contributed by atoms with van der Waals surface area (Å²) < 4.78 is 0. The maximum absolute atomic E-state index is 2.47. The summed E-state index contributed by atoms with van der Waals surface area (Å²) in [4.78, 5) is 4.95. The van der Waals surface area contributed by atoms with Gasteiger partial charge in [-0.2, -0.15) is 0 Å². The number of hydrogen-bond donors (Lipinski definition) is 0. The highest BCUT2D eigenvalue weighted by Crippen LogP contribution is 2.23. The van der Waals surface area contributed by atoms with Gasteiger partial charge in [0.15, 0.2) is 0 Å². The molecule has 2 heteroatoms. The minimum absolute atomic E-state index is 1.11. The average molecular weight is 557 g/mol. The fourth-order valence-corrected chi connectivity index (χ4v) is 5.37. The molecule has 42 heavy (non-hydrogen) atoms. The van der Waals surface area contributed by atoms with Crippen LogP contribution in [0.1, 0.15) is 75.6 Å². The summed E-state index contributed by atoms with van der Waals surface area (Å²) in [6.07, 6.45) is 13.5. The van der Waals surface area contributed by atoms with Crippen molar-refractivity contribution in [2.45, 2.75) is 53.4 Å². The van der Waals surface area contributed by atoms with Crippen LogP contribution >= 0.6 is 0 Å². The van der Waals surface area contributed by atoms with Crippen molar-refractivity contribution < 1.29 is 0 Å². The van der Waals surface area contributed by atoms with E-state index in [9.17, 15) is 0 Å². The Morgan fingerprint density at radius 1 is 0.357 bits per heavy atom. The Kier molecular flexibility index (Phi) is 12.1. The van der Waals surface area contributed by atoms with E-state index in [0.29, 0.717) is 0 Å². The Morgan fingerprint density at radius 2 is 0.595 bits per heavy atom. The first kappa shape index (κ1) is 30.9. The average Bonchev–Trinajstić information content (AvgIpc) is 3.04. The van der Waals surface area contributed by atoms with Crippen molar-refractivity contribution in [3.63, 3.8) is 0 Å². The predicted molar refractivity (Wildman–Crippen MR) is 188 cm³/mol. The molecule has 0 fully saturated rings. The van der Waals surface area contributed by atoms with Gasteiger partial charge in [-0.05, 0) is 83.3 Å². The predicted octanol–water partition coefficient (Wildman–Crippen LogP) is 10.9. The van der Waals surface area contributed by atoms with Crippen LogP contribution in [0.15, 0.2) is 97.1 Å². The van der Waals surface area contributed by atoms with Gasteiger partial charge < -0.3 is 9.80 Å². The molecule has 0 amide bonds. The van der Waals surface area contributed by atoms with Crippen molar-refractivity contribution >= 4 is 35.7 Å². The van der Waals surface area contributed by atoms with Crippen molar-refractivity contribution in [2.24, 2.45) is 0 Å². The molecular formula is C40H48N2. The first-order chi connectivity index (χ1) is 20.6. The van der Waals surface area contributed by atoms with Gasteiger partial charge in [0.05, 0.1) is 0 Å². The minimum atomic E-state index is 1.11. The molecule has 0 bridgehead atoms. The van der Waals surface area contributed by atoms with Gasteiger partial charge in [-0.25, -0.2) is 0 Å². The molecule has 0 aliphatic rings. The molecular weight excluding hydrogens is 508 g/mol. The van der Waals surface area contributed by atoms with Crippen LogP contribution < -0.4 is 9.80 Å². The summed E-state index contributed by atoms with van der Waals surface area (Å²) in [6.45, 7) is 13.4. The van der Waals surface area contributed by atoms with Gasteiger partial charge in [0.25, 0.3) is 0 Å². The third-order valence-electron chi connectivity index (χ3n) is 7.58. The van der Waals surface area contributed by atoms with E-state index in [1.165, 1.54) is 70.4 Å². The third-order valence-corrected chi connectivity index (χ3v) is 7.58. The molecule has 0 N–H and O–H groups in total. The first-order valence-corrected chi connectivity index (χ1v) is 15.9. The standard InChI is InChI=1S/C40H48N2/c1-5-29-41(30-6-2)39-25-17-35(18-26-39)11-9-33-13-21-37(22-14-33)38-23-15-34(16-24-38)10-12-36-19-27-40(28-20-36)42(31-7-3)32-8-4/h9-28H,5-8,29-32H2,1-4H3/b11-9+,12-10+. The van der Waals surface area contributed by atoms with Gasteiger partial charge in [0.1, 0.15) is 0 Å². The van der Waals surface area contributed by atoms with Crippen LogP contribution in [0.25, 0.3) is 35.4 Å². The summed E-state index contributed by atoms with van der Waals surface area (Å²) in [5, 5.41) is 0. The van der Waals surface area contributed by atoms with E-state index >= 15 is 0 Å². The second-order valence-electron chi connectivity index (χ2n) is 11.1. The largest absolute Gasteiger partial charge is 0.372 e. The van der Waals surface area contributed by atoms with Gasteiger partial charge in [-0.15, -0.1) is 0 Å². The molecule has 0 aliphatic heterocycles. The second kappa shape index (κ2) is 16.4. The van der Waals surface area contributed by atoms with Crippen molar-refractivity contribution in [1.29, 1.82) is 0 Å². The number of nitrogens with zero attached hydrogens (tertiary/aromatic N) is 2. The lowest BCUT2D eigenvalue weighted by atomic mass is 10.0. The van der Waals surface area contributed by atoms with Crippen LogP contribution in [0.4, 0.5) is 11.4 Å². The monoisotopic (exact) mass is 556 g/mol. The lowest BCUT2D eigenvalue weighted by Gasteiger charge is -2.23. The van der Waals surface area contributed by atoms with E-state index in [-0.39, 0.29) is 0 Å². The zero-order chi connectivity index (χ0) is 29.6. The number of anilines is 2. The zero-order valence-corrected chi connectivity index (χ0v) is 26.1. The molecule has 0 saturated carbocycles. The molecule has 2 nitrogen and oxygen atoms in total. The Bertz CT molecular complexity index is 1260. The van der Waals surface area contributed by atoms with Crippen LogP contribution in [0, 0.1) is 0 Å². The lowest BCUT2D eigenvalue weighted by Crippen LogP contribution is -2.24. The maximum atomic E-state index is 2.47. The Hall–Kier alpha value is -4.04. The van der Waals surface area contributed by atoms with Crippen molar-refractivity contribution in [3.8, 4) is 11.1 Å². The van der Waals surface area contributed by atoms with Gasteiger partial charge in [-0.3, -0.25) is 0 Å². The highest BCUT2D eigenvalue weighted by molar-refractivity contribution is 5.75. The van der Waals surface area contributed by atoms with E-state index in [4.69, 9.17) is 0 Å². The van der Waals surface area contributed by atoms with E-state index in [1.54, 1.807) is 0 Å². The van der Waals surface area contributed by atoms with E-state index in [1.807, 2.05) is 0 Å². The maximum Gasteiger partial charge on any atom is 0.0366 e. The smallest absolute Gasteiger partial charge is 0.0366 e. The molecule has 0 aliphatic carbocycles. The molecule has 0 saturated heterocycles. The van der Waals surface area contributed by atoms with Crippen molar-refractivity contribution in [1.82, 2.24) is 0 Å². The van der Waals surface area contributed by atoms with E-state index in [2.05, 4.69) is 159 Å². The van der Waals surface area contributed by atoms with Crippen LogP contribution in [-0.2, 0) is 0 Å². The Morgan fingerprint density at radius 3 is 0.833 bits per heavy atom. The van der Waals surface area contributed by atoms with Crippen molar-refractivity contribution in [3.05, 3.63) is 119 Å². The summed E-state index contributed by atoms with van der Waals surface area (Å²) in [6, 6.07) is 35.5. The van der Waals surface area contributed by atoms with Crippen LogP contribution in [-0.4, -0.2) is 26.2 Å². The van der Waals surface area contributed by atoms with Gasteiger partial charge in [0, 0.05) is 37.6 Å². The SMILES string of the molecule is CCCN(CCC)c1ccc(/C=C/c2ccc(-c3ccc(/C=C/c4ccc(N(CCC)CCC)cc4)cc3)cc2)cc1. The Balaban J connectivity index is 1.34. The molecule has 0 unspecified atom stereocenters. The topological polar surface area (TPSA) is 6.48 Å². The van der Waals surface area contributed by atoms with Gasteiger partial charge >= 0.3 is 0 Å². The van der Waals surface area contributed by atoms with Crippen LogP contribution in [0.3, 0.4) is 0 Å². The highest BCUT2D eigenvalue weighted by atomic mass is 15.1. The quantitative estimate of drug-likeness (QED) is 0.134. The summed E-state index contributed by atoms with van der Waals surface area (Å²) in [5.41, 5.74) is 9.97. The van der Waals surface area contributed by atoms with E-state index in [0.717, 1.165) is 26.2 Å². The number of benzene rings is 4. The van der Waals surface area contributed by atoms with Gasteiger partial charge in [-0.1, -0.05) is 125 Å². The molecule has 4 rings (SSSR count). The summed E-state index contributed by atoms with van der Waals surface area (Å²) in [7, 11) is 0. The molecule has 0 atom stereocenters. The highest BCUT2D eigenvalue weighted by Gasteiger charge is 2.05. The van der Waals surface area contributed by atoms with E-state index < -0.39 is 0 Å². The molecule has 4 aromatic carbocycles. The van der Waals surface area contributed by atoms with Gasteiger partial charge in [0.2, 0.25) is 0 Å². The second-order valence-corrected chi connectivity index (χ2v) is 11.1. The number of rotatable bonds is 15. The first-order valence-electron chi connectivity index (χ1n) is 15.9. The molecule has 0 aromatic heterocycles. The fraction of sp³-hybridized carbons (Fsp3) is 0.300. The summed E-state index contributed by atoms with van der Waals surface area (Å²) >= 11 is 0. The molecule has 0 spiro atoms. The third kappa shape index (κ3) is 8.98. The fourth-order valence-electron chi connectivity index (χ4n) is 5.37. The minimum Gasteiger partial charge on any atom is -0.372 e. The molecule has 0 radical (unpaired) electrons. The van der Waals surface area contributed by atoms with Crippen LogP contribution in [0.2, 0.25) is 0 Å².